The third-order valence-electron chi connectivity index (χ3n) is 3.61. The smallest absolute Gasteiger partial charge is 0.275 e. The maximum atomic E-state index is 11.1. The van der Waals surface area contributed by atoms with E-state index >= 15 is 0 Å². The molecule has 0 bridgehead atoms. The highest BCUT2D eigenvalue weighted by atomic mass is 35.5. The van der Waals surface area contributed by atoms with Crippen molar-refractivity contribution in [1.82, 2.24) is 0 Å². The molecule has 3 rings (SSSR count). The average molecular weight is 319 g/mol. The molecule has 0 amide bonds. The van der Waals surface area contributed by atoms with Gasteiger partial charge in [-0.1, -0.05) is 11.6 Å². The van der Waals surface area contributed by atoms with Crippen molar-refractivity contribution in [2.45, 2.75) is 12.8 Å². The van der Waals surface area contributed by atoms with Gasteiger partial charge in [0.2, 0.25) is 0 Å². The van der Waals surface area contributed by atoms with Crippen molar-refractivity contribution in [1.29, 1.82) is 0 Å². The van der Waals surface area contributed by atoms with Crippen LogP contribution in [0.4, 0.5) is 11.4 Å². The van der Waals surface area contributed by atoms with Gasteiger partial charge in [-0.25, -0.2) is 0 Å². The lowest BCUT2D eigenvalue weighted by Crippen LogP contribution is -2.17. The third kappa shape index (κ3) is 3.31. The standard InChI is InChI=1S/C16H15ClN2O3/c17-12-3-5-15(6-4-12)22-16-10-13(18-7-1-2-8-18)9-14(11-16)19(20)21/h3-6,9-11H,1-2,7-8H2. The van der Waals surface area contributed by atoms with Gasteiger partial charge in [-0.15, -0.1) is 0 Å². The first-order chi connectivity index (χ1) is 10.6. The van der Waals surface area contributed by atoms with Gasteiger partial charge < -0.3 is 9.64 Å². The fourth-order valence-electron chi connectivity index (χ4n) is 2.53. The number of nitrogens with zero attached hydrogens (tertiary/aromatic N) is 2. The second kappa shape index (κ2) is 6.23. The number of nitro groups is 1. The summed E-state index contributed by atoms with van der Waals surface area (Å²) in [5.41, 5.74) is 0.865. The van der Waals surface area contributed by atoms with Gasteiger partial charge in [0.05, 0.1) is 11.0 Å². The van der Waals surface area contributed by atoms with Gasteiger partial charge >= 0.3 is 0 Å². The summed E-state index contributed by atoms with van der Waals surface area (Å²) in [6.45, 7) is 1.84. The predicted octanol–water partition coefficient (Wildman–Crippen LogP) is 4.64. The fraction of sp³-hybridized carbons (Fsp3) is 0.250. The molecule has 1 heterocycles. The highest BCUT2D eigenvalue weighted by Gasteiger charge is 2.18. The summed E-state index contributed by atoms with van der Waals surface area (Å²) < 4.78 is 5.73. The highest BCUT2D eigenvalue weighted by Crippen LogP contribution is 2.33. The van der Waals surface area contributed by atoms with Crippen LogP contribution < -0.4 is 9.64 Å². The molecule has 1 fully saturated rings. The van der Waals surface area contributed by atoms with E-state index in [4.69, 9.17) is 16.3 Å². The van der Waals surface area contributed by atoms with E-state index in [9.17, 15) is 10.1 Å². The van der Waals surface area contributed by atoms with Crippen LogP contribution in [0.25, 0.3) is 0 Å². The fourth-order valence-corrected chi connectivity index (χ4v) is 2.65. The van der Waals surface area contributed by atoms with Crippen molar-refractivity contribution in [2.24, 2.45) is 0 Å². The first-order valence-corrected chi connectivity index (χ1v) is 7.47. The average Bonchev–Trinajstić information content (AvgIpc) is 3.04. The molecule has 1 aliphatic rings. The highest BCUT2D eigenvalue weighted by molar-refractivity contribution is 6.30. The van der Waals surface area contributed by atoms with Crippen molar-refractivity contribution in [3.8, 4) is 11.5 Å². The van der Waals surface area contributed by atoms with Crippen LogP contribution in [0.5, 0.6) is 11.5 Å². The lowest BCUT2D eigenvalue weighted by molar-refractivity contribution is -0.384. The van der Waals surface area contributed by atoms with Crippen LogP contribution >= 0.6 is 11.6 Å². The van der Waals surface area contributed by atoms with Crippen LogP contribution in [0.15, 0.2) is 42.5 Å². The molecule has 2 aromatic rings. The Labute approximate surface area is 133 Å². The maximum absolute atomic E-state index is 11.1. The van der Waals surface area contributed by atoms with Crippen LogP contribution in [-0.4, -0.2) is 18.0 Å². The second-order valence-electron chi connectivity index (χ2n) is 5.19. The molecule has 1 saturated heterocycles. The van der Waals surface area contributed by atoms with Crippen molar-refractivity contribution in [3.05, 3.63) is 57.6 Å². The van der Waals surface area contributed by atoms with Gasteiger partial charge in [0.1, 0.15) is 11.5 Å². The molecule has 0 N–H and O–H groups in total. The summed E-state index contributed by atoms with van der Waals surface area (Å²) in [6.07, 6.45) is 2.21. The lowest BCUT2D eigenvalue weighted by Gasteiger charge is -2.18. The summed E-state index contributed by atoms with van der Waals surface area (Å²) in [4.78, 5) is 12.9. The number of anilines is 1. The van der Waals surface area contributed by atoms with E-state index in [1.54, 1.807) is 30.3 Å². The minimum Gasteiger partial charge on any atom is -0.457 e. The lowest BCUT2D eigenvalue weighted by atomic mass is 10.2. The molecule has 6 heteroatoms. The van der Waals surface area contributed by atoms with Crippen LogP contribution in [0, 0.1) is 10.1 Å². The molecular weight excluding hydrogens is 304 g/mol. The SMILES string of the molecule is O=[N+]([O-])c1cc(Oc2ccc(Cl)cc2)cc(N2CCCC2)c1. The van der Waals surface area contributed by atoms with E-state index in [0.29, 0.717) is 16.5 Å². The summed E-state index contributed by atoms with van der Waals surface area (Å²) in [5.74, 6) is 1.05. The Balaban J connectivity index is 1.91. The van der Waals surface area contributed by atoms with Gasteiger partial charge in [0.15, 0.2) is 0 Å². The van der Waals surface area contributed by atoms with E-state index in [1.165, 1.54) is 6.07 Å². The number of rotatable bonds is 4. The molecule has 0 spiro atoms. The van der Waals surface area contributed by atoms with Crippen LogP contribution in [0.1, 0.15) is 12.8 Å². The number of hydrogen-bond donors (Lipinski definition) is 0. The molecule has 0 aromatic heterocycles. The van der Waals surface area contributed by atoms with Crippen LogP contribution in [0.2, 0.25) is 5.02 Å². The Bertz CT molecular complexity index is 682. The van der Waals surface area contributed by atoms with Crippen molar-refractivity contribution in [3.63, 3.8) is 0 Å². The van der Waals surface area contributed by atoms with Gasteiger partial charge in [0, 0.05) is 35.9 Å². The van der Waals surface area contributed by atoms with E-state index in [0.717, 1.165) is 31.6 Å². The van der Waals surface area contributed by atoms with E-state index in [1.807, 2.05) is 6.07 Å². The quantitative estimate of drug-likeness (QED) is 0.608. The molecule has 0 unspecified atom stereocenters. The third-order valence-corrected chi connectivity index (χ3v) is 3.86. The van der Waals surface area contributed by atoms with Crippen molar-refractivity contribution < 1.29 is 9.66 Å². The van der Waals surface area contributed by atoms with Crippen molar-refractivity contribution in [2.75, 3.05) is 18.0 Å². The zero-order chi connectivity index (χ0) is 15.5. The van der Waals surface area contributed by atoms with Crippen LogP contribution in [-0.2, 0) is 0 Å². The Hall–Kier alpha value is -2.27. The first kappa shape index (κ1) is 14.7. The minimum atomic E-state index is -0.395. The number of hydrogen-bond acceptors (Lipinski definition) is 4. The summed E-state index contributed by atoms with van der Waals surface area (Å²) in [7, 11) is 0. The Kier molecular flexibility index (Phi) is 4.15. The van der Waals surface area contributed by atoms with E-state index in [2.05, 4.69) is 4.90 Å². The number of nitro benzene ring substituents is 1. The maximum Gasteiger partial charge on any atom is 0.275 e. The predicted molar refractivity (Wildman–Crippen MR) is 86.1 cm³/mol. The Morgan fingerprint density at radius 2 is 1.73 bits per heavy atom. The van der Waals surface area contributed by atoms with E-state index < -0.39 is 4.92 Å². The molecule has 22 heavy (non-hydrogen) atoms. The van der Waals surface area contributed by atoms with Gasteiger partial charge in [-0.3, -0.25) is 10.1 Å². The number of non-ortho nitro benzene ring substituents is 1. The summed E-state index contributed by atoms with van der Waals surface area (Å²) in [5, 5.41) is 11.7. The molecule has 0 aliphatic carbocycles. The van der Waals surface area contributed by atoms with Gasteiger partial charge in [-0.05, 0) is 37.1 Å². The Morgan fingerprint density at radius 3 is 2.36 bits per heavy atom. The molecule has 0 radical (unpaired) electrons. The number of halogens is 1. The van der Waals surface area contributed by atoms with Gasteiger partial charge in [0.25, 0.3) is 5.69 Å². The molecule has 114 valence electrons. The molecule has 0 atom stereocenters. The van der Waals surface area contributed by atoms with Crippen molar-refractivity contribution >= 4 is 23.0 Å². The second-order valence-corrected chi connectivity index (χ2v) is 5.63. The van der Waals surface area contributed by atoms with E-state index in [-0.39, 0.29) is 5.69 Å². The molecule has 2 aromatic carbocycles. The normalized spacial score (nSPS) is 14.1. The minimum absolute atomic E-state index is 0.0355. The molecular formula is C16H15ClN2O3. The zero-order valence-corrected chi connectivity index (χ0v) is 12.6. The van der Waals surface area contributed by atoms with Gasteiger partial charge in [-0.2, -0.15) is 0 Å². The molecule has 0 saturated carbocycles. The molecule has 1 aliphatic heterocycles. The Morgan fingerprint density at radius 1 is 1.05 bits per heavy atom. The summed E-state index contributed by atoms with van der Waals surface area (Å²) in [6, 6.07) is 11.8. The first-order valence-electron chi connectivity index (χ1n) is 7.10. The zero-order valence-electron chi connectivity index (χ0n) is 11.9. The largest absolute Gasteiger partial charge is 0.457 e. The monoisotopic (exact) mass is 318 g/mol. The summed E-state index contributed by atoms with van der Waals surface area (Å²) >= 11 is 5.84. The van der Waals surface area contributed by atoms with Crippen LogP contribution in [0.3, 0.4) is 0 Å². The topological polar surface area (TPSA) is 55.6 Å². The number of ether oxygens (including phenoxy) is 1. The molecule has 5 nitrogen and oxygen atoms in total. The number of benzene rings is 2.